The van der Waals surface area contributed by atoms with Gasteiger partial charge in [0, 0.05) is 13.1 Å². The van der Waals surface area contributed by atoms with E-state index in [4.69, 9.17) is 5.11 Å². The summed E-state index contributed by atoms with van der Waals surface area (Å²) in [6.45, 7) is 2.48. The van der Waals surface area contributed by atoms with Gasteiger partial charge in [-0.05, 0) is 31.4 Å². The van der Waals surface area contributed by atoms with E-state index in [1.807, 2.05) is 13.0 Å². The number of aromatic nitrogens is 2. The van der Waals surface area contributed by atoms with E-state index >= 15 is 0 Å². The van der Waals surface area contributed by atoms with Crippen LogP contribution in [0.3, 0.4) is 0 Å². The van der Waals surface area contributed by atoms with Crippen molar-refractivity contribution in [2.24, 2.45) is 5.92 Å². The van der Waals surface area contributed by atoms with Crippen LogP contribution in [0.1, 0.15) is 18.4 Å². The Hall–Kier alpha value is -2.70. The highest BCUT2D eigenvalue weighted by molar-refractivity contribution is 5.81. The second-order valence-electron chi connectivity index (χ2n) is 6.17. The summed E-state index contributed by atoms with van der Waals surface area (Å²) in [6, 6.07) is 5.36. The number of likely N-dealkylation sites (tertiary alicyclic amines) is 1. The van der Waals surface area contributed by atoms with Crippen molar-refractivity contribution in [3.05, 3.63) is 40.4 Å². The lowest BCUT2D eigenvalue weighted by atomic mass is 9.98. The number of nitrogens with zero attached hydrogens (tertiary/aromatic N) is 3. The summed E-state index contributed by atoms with van der Waals surface area (Å²) in [5, 5.41) is 9.59. The minimum atomic E-state index is -0.882. The van der Waals surface area contributed by atoms with Crippen LogP contribution < -0.4 is 5.56 Å². The monoisotopic (exact) mass is 329 g/mol. The molecule has 1 N–H and O–H groups in total. The molecule has 1 amide bonds. The molecular formula is C17H19N3O4. The van der Waals surface area contributed by atoms with Crippen molar-refractivity contribution >= 4 is 22.8 Å². The lowest BCUT2D eigenvalue weighted by Crippen LogP contribution is -2.44. The summed E-state index contributed by atoms with van der Waals surface area (Å²) in [4.78, 5) is 41.9. The Balaban J connectivity index is 1.82. The number of piperidine rings is 1. The average molecular weight is 329 g/mol. The molecule has 1 aliphatic rings. The molecule has 2 aromatic rings. The van der Waals surface area contributed by atoms with E-state index in [1.165, 1.54) is 15.8 Å². The zero-order chi connectivity index (χ0) is 17.3. The van der Waals surface area contributed by atoms with Gasteiger partial charge >= 0.3 is 5.97 Å². The van der Waals surface area contributed by atoms with E-state index < -0.39 is 11.9 Å². The number of carbonyl (C=O) groups is 2. The molecule has 3 rings (SSSR count). The summed E-state index contributed by atoms with van der Waals surface area (Å²) in [6.07, 6.45) is 2.62. The van der Waals surface area contributed by atoms with Gasteiger partial charge in [0.05, 0.1) is 23.1 Å². The molecule has 0 bridgehead atoms. The predicted molar refractivity (Wildman–Crippen MR) is 87.7 cm³/mol. The minimum absolute atomic E-state index is 0.123. The minimum Gasteiger partial charge on any atom is -0.481 e. The first-order chi connectivity index (χ1) is 11.5. The van der Waals surface area contributed by atoms with Crippen LogP contribution >= 0.6 is 0 Å². The van der Waals surface area contributed by atoms with Gasteiger partial charge in [-0.3, -0.25) is 19.0 Å². The summed E-state index contributed by atoms with van der Waals surface area (Å²) >= 11 is 0. The second-order valence-corrected chi connectivity index (χ2v) is 6.17. The Morgan fingerprint density at radius 2 is 2.17 bits per heavy atom. The number of carboxylic acid groups (broad SMARTS) is 1. The molecule has 7 nitrogen and oxygen atoms in total. The van der Waals surface area contributed by atoms with E-state index in [0.717, 1.165) is 5.56 Å². The van der Waals surface area contributed by atoms with Gasteiger partial charge in [-0.15, -0.1) is 0 Å². The number of carbonyl (C=O) groups excluding carboxylic acids is 1. The highest BCUT2D eigenvalue weighted by atomic mass is 16.4. The normalized spacial score (nSPS) is 17.9. The molecule has 0 unspecified atom stereocenters. The summed E-state index contributed by atoms with van der Waals surface area (Å²) in [5.74, 6) is -1.67. The van der Waals surface area contributed by atoms with Gasteiger partial charge in [0.25, 0.3) is 5.56 Å². The number of benzene rings is 1. The van der Waals surface area contributed by atoms with Crippen LogP contribution in [0.25, 0.3) is 10.9 Å². The van der Waals surface area contributed by atoms with Gasteiger partial charge in [-0.25, -0.2) is 4.98 Å². The number of aryl methyl sites for hydroxylation is 1. The van der Waals surface area contributed by atoms with E-state index in [2.05, 4.69) is 4.98 Å². The van der Waals surface area contributed by atoms with E-state index in [1.54, 1.807) is 12.1 Å². The fourth-order valence-electron chi connectivity index (χ4n) is 3.10. The highest BCUT2D eigenvalue weighted by Gasteiger charge is 2.28. The van der Waals surface area contributed by atoms with Crippen molar-refractivity contribution in [3.8, 4) is 0 Å². The first-order valence-corrected chi connectivity index (χ1v) is 7.92. The molecule has 0 aliphatic carbocycles. The number of aliphatic carboxylic acids is 1. The number of hydrogen-bond acceptors (Lipinski definition) is 4. The van der Waals surface area contributed by atoms with Crippen LogP contribution in [0.4, 0.5) is 0 Å². The number of hydrogen-bond donors (Lipinski definition) is 1. The number of fused-ring (bicyclic) bond motifs is 1. The van der Waals surface area contributed by atoms with Crippen molar-refractivity contribution < 1.29 is 14.7 Å². The third-order valence-electron chi connectivity index (χ3n) is 4.48. The lowest BCUT2D eigenvalue weighted by Gasteiger charge is -2.30. The standard InChI is InChI=1S/C17H19N3O4/c1-11-4-2-6-13-15(11)18-10-20(16(13)22)9-14(21)19-7-3-5-12(8-19)17(23)24/h2,4,6,10,12H,3,5,7-9H2,1H3,(H,23,24)/t12-/m1/s1. The lowest BCUT2D eigenvalue weighted by molar-refractivity contribution is -0.145. The van der Waals surface area contributed by atoms with Crippen LogP contribution in [-0.4, -0.2) is 44.5 Å². The SMILES string of the molecule is Cc1cccc2c(=O)n(CC(=O)N3CCC[C@@H](C(=O)O)C3)cnc12. The first-order valence-electron chi connectivity index (χ1n) is 7.92. The van der Waals surface area contributed by atoms with Gasteiger partial charge in [0.2, 0.25) is 5.91 Å². The maximum atomic E-state index is 12.5. The van der Waals surface area contributed by atoms with E-state index in [0.29, 0.717) is 30.3 Å². The third kappa shape index (κ3) is 3.02. The summed E-state index contributed by atoms with van der Waals surface area (Å²) in [7, 11) is 0. The molecule has 0 radical (unpaired) electrons. The van der Waals surface area contributed by atoms with Crippen LogP contribution in [0, 0.1) is 12.8 Å². The summed E-state index contributed by atoms with van der Waals surface area (Å²) < 4.78 is 1.29. The fraction of sp³-hybridized carbons (Fsp3) is 0.412. The van der Waals surface area contributed by atoms with Crippen molar-refractivity contribution in [1.82, 2.24) is 14.5 Å². The Bertz CT molecular complexity index is 859. The van der Waals surface area contributed by atoms with Gasteiger partial charge in [-0.1, -0.05) is 12.1 Å². The maximum absolute atomic E-state index is 12.5. The zero-order valence-electron chi connectivity index (χ0n) is 13.4. The Morgan fingerprint density at radius 1 is 1.38 bits per heavy atom. The van der Waals surface area contributed by atoms with Gasteiger partial charge in [0.15, 0.2) is 0 Å². The van der Waals surface area contributed by atoms with Gasteiger partial charge in [0.1, 0.15) is 6.54 Å². The fourth-order valence-corrected chi connectivity index (χ4v) is 3.10. The molecule has 1 aromatic heterocycles. The van der Waals surface area contributed by atoms with E-state index in [-0.39, 0.29) is 24.6 Å². The largest absolute Gasteiger partial charge is 0.481 e. The molecule has 1 saturated heterocycles. The predicted octanol–water partition coefficient (Wildman–Crippen LogP) is 1.03. The summed E-state index contributed by atoms with van der Waals surface area (Å²) in [5.41, 5.74) is 1.28. The van der Waals surface area contributed by atoms with Crippen LogP contribution in [0.15, 0.2) is 29.3 Å². The molecule has 0 spiro atoms. The molecule has 24 heavy (non-hydrogen) atoms. The number of carboxylic acids is 1. The van der Waals surface area contributed by atoms with Crippen molar-refractivity contribution in [3.63, 3.8) is 0 Å². The Morgan fingerprint density at radius 3 is 2.92 bits per heavy atom. The van der Waals surface area contributed by atoms with E-state index in [9.17, 15) is 14.4 Å². The molecule has 2 heterocycles. The average Bonchev–Trinajstić information content (AvgIpc) is 2.58. The smallest absolute Gasteiger partial charge is 0.308 e. The van der Waals surface area contributed by atoms with Gasteiger partial charge < -0.3 is 10.0 Å². The van der Waals surface area contributed by atoms with Crippen molar-refractivity contribution in [2.75, 3.05) is 13.1 Å². The zero-order valence-corrected chi connectivity index (χ0v) is 13.4. The molecule has 1 aliphatic heterocycles. The van der Waals surface area contributed by atoms with Gasteiger partial charge in [-0.2, -0.15) is 0 Å². The van der Waals surface area contributed by atoms with Crippen LogP contribution in [0.2, 0.25) is 0 Å². The van der Waals surface area contributed by atoms with Crippen LogP contribution in [0.5, 0.6) is 0 Å². The molecule has 1 aromatic carbocycles. The topological polar surface area (TPSA) is 92.5 Å². The Labute approximate surface area is 138 Å². The quantitative estimate of drug-likeness (QED) is 0.908. The van der Waals surface area contributed by atoms with Crippen molar-refractivity contribution in [2.45, 2.75) is 26.3 Å². The number of amides is 1. The molecule has 1 atom stereocenters. The molecule has 126 valence electrons. The first kappa shape index (κ1) is 16.2. The Kier molecular flexibility index (Phi) is 4.33. The number of rotatable bonds is 3. The van der Waals surface area contributed by atoms with Crippen molar-refractivity contribution in [1.29, 1.82) is 0 Å². The molecular weight excluding hydrogens is 310 g/mol. The number of para-hydroxylation sites is 1. The highest BCUT2D eigenvalue weighted by Crippen LogP contribution is 2.17. The van der Waals surface area contributed by atoms with Crippen LogP contribution in [-0.2, 0) is 16.1 Å². The molecule has 1 fully saturated rings. The molecule has 7 heteroatoms. The molecule has 0 saturated carbocycles. The third-order valence-corrected chi connectivity index (χ3v) is 4.48. The second kappa shape index (κ2) is 6.43. The maximum Gasteiger partial charge on any atom is 0.308 e.